The minimum absolute atomic E-state index is 0.266. The Hall–Kier alpha value is -0.380. The highest BCUT2D eigenvalue weighted by Crippen LogP contribution is 2.25. The number of benzene rings is 1. The SMILES string of the molecule is CNC1(Cc2ccc(Br)cc2)CCN(C)C1. The lowest BCUT2D eigenvalue weighted by Gasteiger charge is -2.28. The third-order valence-electron chi connectivity index (χ3n) is 3.53. The molecule has 16 heavy (non-hydrogen) atoms. The molecular formula is C13H19BrN2. The second-order valence-electron chi connectivity index (χ2n) is 4.82. The maximum absolute atomic E-state index is 3.52. The maximum Gasteiger partial charge on any atom is 0.0358 e. The van der Waals surface area contributed by atoms with Crippen molar-refractivity contribution in [3.63, 3.8) is 0 Å². The molecule has 0 aromatic heterocycles. The topological polar surface area (TPSA) is 15.3 Å². The fourth-order valence-electron chi connectivity index (χ4n) is 2.51. The van der Waals surface area contributed by atoms with E-state index in [2.05, 4.69) is 64.5 Å². The highest BCUT2D eigenvalue weighted by atomic mass is 79.9. The lowest BCUT2D eigenvalue weighted by molar-refractivity contribution is 0.326. The summed E-state index contributed by atoms with van der Waals surface area (Å²) < 4.78 is 1.15. The molecule has 3 heteroatoms. The van der Waals surface area contributed by atoms with E-state index in [1.807, 2.05) is 0 Å². The molecule has 0 spiro atoms. The monoisotopic (exact) mass is 282 g/mol. The van der Waals surface area contributed by atoms with Crippen LogP contribution < -0.4 is 5.32 Å². The molecule has 1 heterocycles. The summed E-state index contributed by atoms with van der Waals surface area (Å²) in [5.41, 5.74) is 1.68. The van der Waals surface area contributed by atoms with Gasteiger partial charge >= 0.3 is 0 Å². The Balaban J connectivity index is 2.10. The van der Waals surface area contributed by atoms with E-state index in [0.717, 1.165) is 17.4 Å². The molecule has 1 unspecified atom stereocenters. The van der Waals surface area contributed by atoms with Gasteiger partial charge in [-0.2, -0.15) is 0 Å². The van der Waals surface area contributed by atoms with Gasteiger partial charge in [0.2, 0.25) is 0 Å². The van der Waals surface area contributed by atoms with Crippen LogP contribution in [0.4, 0.5) is 0 Å². The van der Waals surface area contributed by atoms with Gasteiger partial charge in [0.1, 0.15) is 0 Å². The van der Waals surface area contributed by atoms with Gasteiger partial charge in [-0.05, 0) is 51.2 Å². The van der Waals surface area contributed by atoms with Crippen LogP contribution in [-0.2, 0) is 6.42 Å². The number of hydrogen-bond acceptors (Lipinski definition) is 2. The van der Waals surface area contributed by atoms with Crippen LogP contribution in [-0.4, -0.2) is 37.6 Å². The second kappa shape index (κ2) is 4.86. The average molecular weight is 283 g/mol. The van der Waals surface area contributed by atoms with Gasteiger partial charge in [-0.3, -0.25) is 0 Å². The number of likely N-dealkylation sites (N-methyl/N-ethyl adjacent to an activating group) is 2. The molecule has 0 aliphatic carbocycles. The van der Waals surface area contributed by atoms with E-state index in [0.29, 0.717) is 0 Å². The predicted octanol–water partition coefficient (Wildman–Crippen LogP) is 2.29. The summed E-state index contributed by atoms with van der Waals surface area (Å²) in [7, 11) is 4.28. The van der Waals surface area contributed by atoms with E-state index in [1.165, 1.54) is 18.5 Å². The molecule has 1 atom stereocenters. The Labute approximate surface area is 106 Å². The van der Waals surface area contributed by atoms with Crippen LogP contribution >= 0.6 is 15.9 Å². The fraction of sp³-hybridized carbons (Fsp3) is 0.538. The average Bonchev–Trinajstić information content (AvgIpc) is 2.64. The minimum atomic E-state index is 0.266. The van der Waals surface area contributed by atoms with Crippen LogP contribution in [0.3, 0.4) is 0 Å². The Morgan fingerprint density at radius 1 is 1.38 bits per heavy atom. The molecule has 0 radical (unpaired) electrons. The number of nitrogens with zero attached hydrogens (tertiary/aromatic N) is 1. The Morgan fingerprint density at radius 2 is 2.06 bits per heavy atom. The van der Waals surface area contributed by atoms with Crippen molar-refractivity contribution in [2.75, 3.05) is 27.2 Å². The number of rotatable bonds is 3. The van der Waals surface area contributed by atoms with Crippen LogP contribution in [0.5, 0.6) is 0 Å². The Morgan fingerprint density at radius 3 is 2.56 bits per heavy atom. The van der Waals surface area contributed by atoms with Gasteiger partial charge in [-0.25, -0.2) is 0 Å². The van der Waals surface area contributed by atoms with Gasteiger partial charge in [0.15, 0.2) is 0 Å². The molecular weight excluding hydrogens is 264 g/mol. The van der Waals surface area contributed by atoms with Crippen molar-refractivity contribution in [1.82, 2.24) is 10.2 Å². The smallest absolute Gasteiger partial charge is 0.0358 e. The van der Waals surface area contributed by atoms with Gasteiger partial charge in [0.25, 0.3) is 0 Å². The van der Waals surface area contributed by atoms with E-state index in [9.17, 15) is 0 Å². The normalized spacial score (nSPS) is 26.2. The van der Waals surface area contributed by atoms with Crippen LogP contribution in [0, 0.1) is 0 Å². The van der Waals surface area contributed by atoms with Crippen LogP contribution in [0.15, 0.2) is 28.7 Å². The molecule has 2 nitrogen and oxygen atoms in total. The van der Waals surface area contributed by atoms with Crippen molar-refractivity contribution >= 4 is 15.9 Å². The molecule has 88 valence electrons. The molecule has 1 aliphatic rings. The van der Waals surface area contributed by atoms with E-state index >= 15 is 0 Å². The largest absolute Gasteiger partial charge is 0.313 e. The van der Waals surface area contributed by atoms with E-state index in [-0.39, 0.29) is 5.54 Å². The summed E-state index contributed by atoms with van der Waals surface area (Å²) in [6.45, 7) is 2.33. The summed E-state index contributed by atoms with van der Waals surface area (Å²) in [5, 5.41) is 3.52. The highest BCUT2D eigenvalue weighted by molar-refractivity contribution is 9.10. The van der Waals surface area contributed by atoms with Crippen molar-refractivity contribution in [3.8, 4) is 0 Å². The molecule has 0 bridgehead atoms. The van der Waals surface area contributed by atoms with Gasteiger partial charge in [0.05, 0.1) is 0 Å². The third kappa shape index (κ3) is 2.65. The molecule has 1 fully saturated rings. The molecule has 2 rings (SSSR count). The number of hydrogen-bond donors (Lipinski definition) is 1. The molecule has 0 saturated carbocycles. The van der Waals surface area contributed by atoms with Gasteiger partial charge in [-0.1, -0.05) is 28.1 Å². The number of likely N-dealkylation sites (tertiary alicyclic amines) is 1. The molecule has 1 saturated heterocycles. The fourth-order valence-corrected chi connectivity index (χ4v) is 2.77. The Kier molecular flexibility index (Phi) is 3.67. The Bertz CT molecular complexity index is 349. The van der Waals surface area contributed by atoms with E-state index in [1.54, 1.807) is 0 Å². The lowest BCUT2D eigenvalue weighted by atomic mass is 9.90. The number of halogens is 1. The zero-order valence-electron chi connectivity index (χ0n) is 9.96. The molecule has 1 aromatic rings. The summed E-state index contributed by atoms with van der Waals surface area (Å²) >= 11 is 3.47. The predicted molar refractivity (Wildman–Crippen MR) is 71.8 cm³/mol. The molecule has 0 amide bonds. The molecule has 1 N–H and O–H groups in total. The van der Waals surface area contributed by atoms with Crippen molar-refractivity contribution in [2.24, 2.45) is 0 Å². The second-order valence-corrected chi connectivity index (χ2v) is 5.74. The minimum Gasteiger partial charge on any atom is -0.313 e. The van der Waals surface area contributed by atoms with Gasteiger partial charge in [-0.15, -0.1) is 0 Å². The third-order valence-corrected chi connectivity index (χ3v) is 4.06. The summed E-state index contributed by atoms with van der Waals surface area (Å²) in [4.78, 5) is 2.40. The zero-order chi connectivity index (χ0) is 11.6. The first-order chi connectivity index (χ1) is 7.63. The van der Waals surface area contributed by atoms with Gasteiger partial charge in [0, 0.05) is 16.6 Å². The molecule has 1 aliphatic heterocycles. The zero-order valence-corrected chi connectivity index (χ0v) is 11.5. The van der Waals surface area contributed by atoms with Crippen LogP contribution in [0.2, 0.25) is 0 Å². The first-order valence-electron chi connectivity index (χ1n) is 5.75. The molecule has 1 aromatic carbocycles. The van der Waals surface area contributed by atoms with Crippen LogP contribution in [0.1, 0.15) is 12.0 Å². The van der Waals surface area contributed by atoms with Gasteiger partial charge < -0.3 is 10.2 Å². The van der Waals surface area contributed by atoms with Crippen molar-refractivity contribution in [2.45, 2.75) is 18.4 Å². The van der Waals surface area contributed by atoms with Crippen molar-refractivity contribution in [3.05, 3.63) is 34.3 Å². The standard InChI is InChI=1S/C13H19BrN2/c1-15-13(7-8-16(2)10-13)9-11-3-5-12(14)6-4-11/h3-6,15H,7-10H2,1-2H3. The lowest BCUT2D eigenvalue weighted by Crippen LogP contribution is -2.47. The highest BCUT2D eigenvalue weighted by Gasteiger charge is 2.34. The quantitative estimate of drug-likeness (QED) is 0.915. The van der Waals surface area contributed by atoms with Crippen molar-refractivity contribution < 1.29 is 0 Å². The summed E-state index contributed by atoms with van der Waals surface area (Å²) in [6.07, 6.45) is 2.34. The van der Waals surface area contributed by atoms with E-state index in [4.69, 9.17) is 0 Å². The van der Waals surface area contributed by atoms with Crippen molar-refractivity contribution in [1.29, 1.82) is 0 Å². The first kappa shape index (κ1) is 12.1. The number of nitrogens with one attached hydrogen (secondary N) is 1. The summed E-state index contributed by atoms with van der Waals surface area (Å²) in [5.74, 6) is 0. The first-order valence-corrected chi connectivity index (χ1v) is 6.55. The van der Waals surface area contributed by atoms with E-state index < -0.39 is 0 Å². The van der Waals surface area contributed by atoms with Crippen LogP contribution in [0.25, 0.3) is 0 Å². The summed E-state index contributed by atoms with van der Waals surface area (Å²) in [6, 6.07) is 8.66. The maximum atomic E-state index is 3.52.